The lowest BCUT2D eigenvalue weighted by Crippen LogP contribution is -2.34. The number of benzene rings is 3. The Morgan fingerprint density at radius 2 is 1.80 bits per heavy atom. The number of nitrogens with zero attached hydrogens (tertiary/aromatic N) is 3. The highest BCUT2D eigenvalue weighted by molar-refractivity contribution is 6.15. The Kier molecular flexibility index (Phi) is 7.98. The Hall–Kier alpha value is -4.34. The number of nitrogens with one attached hydrogen (secondary N) is 1. The first-order valence-corrected chi connectivity index (χ1v) is 16.3. The molecule has 7 rings (SSSR count). The highest BCUT2D eigenvalue weighted by Crippen LogP contribution is 2.35. The monoisotopic (exact) mass is 622 g/mol. The summed E-state index contributed by atoms with van der Waals surface area (Å²) in [6.07, 6.45) is 7.64. The van der Waals surface area contributed by atoms with Gasteiger partial charge in [0.2, 0.25) is 5.43 Å². The molecule has 0 saturated carbocycles. The molecule has 3 heterocycles. The fourth-order valence-electron chi connectivity index (χ4n) is 7.28. The standard InChI is InChI=1S/C37H39FN4O4/c1-40(2)16-8-4-5-13-25-30(38)18-28-33-36(25)46-32-20-27-26(23-11-6-7-12-24(23)34(27)43)19-31(32)42(33)21-29(35(28)44)37(45)39-15-14-22-10-9-17-41(22)3/h6-7,11-12,18-22H,4-5,8-10,13-17H2,1-3H3,(H,39,45). The summed E-state index contributed by atoms with van der Waals surface area (Å²) in [4.78, 5) is 45.2. The van der Waals surface area contributed by atoms with Crippen LogP contribution in [-0.4, -0.2) is 66.9 Å². The molecule has 1 aliphatic rings. The van der Waals surface area contributed by atoms with Crippen LogP contribution in [0.3, 0.4) is 0 Å². The Morgan fingerprint density at radius 1 is 1.00 bits per heavy atom. The zero-order valence-electron chi connectivity index (χ0n) is 26.6. The van der Waals surface area contributed by atoms with E-state index < -0.39 is 17.2 Å². The van der Waals surface area contributed by atoms with Crippen molar-refractivity contribution in [3.05, 3.63) is 86.1 Å². The van der Waals surface area contributed by atoms with Crippen molar-refractivity contribution < 1.29 is 13.6 Å². The summed E-state index contributed by atoms with van der Waals surface area (Å²) in [7, 11) is 6.15. The quantitative estimate of drug-likeness (QED) is 0.116. The number of likely N-dealkylation sites (tertiary alicyclic amines) is 1. The molecule has 9 heteroatoms. The molecule has 8 nitrogen and oxygen atoms in total. The van der Waals surface area contributed by atoms with E-state index in [1.165, 1.54) is 6.07 Å². The van der Waals surface area contributed by atoms with E-state index in [-0.39, 0.29) is 22.0 Å². The number of unbranched alkanes of at least 4 members (excludes halogenated alkanes) is 2. The predicted molar refractivity (Wildman–Crippen MR) is 182 cm³/mol. The van der Waals surface area contributed by atoms with Crippen LogP contribution >= 0.6 is 0 Å². The van der Waals surface area contributed by atoms with Crippen LogP contribution in [0.25, 0.3) is 49.1 Å². The zero-order valence-corrected chi connectivity index (χ0v) is 26.6. The van der Waals surface area contributed by atoms with Crippen LogP contribution in [0.2, 0.25) is 0 Å². The largest absolute Gasteiger partial charge is 0.452 e. The normalized spacial score (nSPS) is 15.9. The van der Waals surface area contributed by atoms with Crippen LogP contribution in [0.15, 0.2) is 62.7 Å². The first-order valence-electron chi connectivity index (χ1n) is 16.3. The molecular formula is C37H39FN4O4. The molecular weight excluding hydrogens is 583 g/mol. The summed E-state index contributed by atoms with van der Waals surface area (Å²) < 4.78 is 24.2. The van der Waals surface area contributed by atoms with E-state index in [0.29, 0.717) is 52.0 Å². The van der Waals surface area contributed by atoms with Gasteiger partial charge < -0.3 is 23.9 Å². The Balaban J connectivity index is 1.39. The molecule has 1 aliphatic heterocycles. The van der Waals surface area contributed by atoms with E-state index in [0.717, 1.165) is 62.4 Å². The summed E-state index contributed by atoms with van der Waals surface area (Å²) in [5.41, 5.74) is 1.38. The molecule has 0 radical (unpaired) electrons. The van der Waals surface area contributed by atoms with Crippen LogP contribution in [-0.2, 0) is 6.42 Å². The second-order valence-corrected chi connectivity index (χ2v) is 13.1. The van der Waals surface area contributed by atoms with Gasteiger partial charge >= 0.3 is 0 Å². The Morgan fingerprint density at radius 3 is 2.57 bits per heavy atom. The molecule has 6 aromatic rings. The van der Waals surface area contributed by atoms with Crippen LogP contribution in [0.4, 0.5) is 4.39 Å². The van der Waals surface area contributed by atoms with Gasteiger partial charge in [-0.1, -0.05) is 30.7 Å². The van der Waals surface area contributed by atoms with E-state index in [2.05, 4.69) is 22.2 Å². The van der Waals surface area contributed by atoms with Gasteiger partial charge in [0, 0.05) is 35.1 Å². The molecule has 2 aromatic heterocycles. The topological polar surface area (TPSA) is 87.3 Å². The lowest BCUT2D eigenvalue weighted by atomic mass is 10.0. The molecule has 1 saturated heterocycles. The van der Waals surface area contributed by atoms with Crippen molar-refractivity contribution >= 4 is 55.0 Å². The molecule has 1 N–H and O–H groups in total. The summed E-state index contributed by atoms with van der Waals surface area (Å²) in [5, 5.41) is 5.73. The van der Waals surface area contributed by atoms with Gasteiger partial charge in [0.05, 0.1) is 10.9 Å². The summed E-state index contributed by atoms with van der Waals surface area (Å²) in [5.74, 6) is -1.02. The maximum atomic E-state index is 15.9. The number of fused-ring (bicyclic) bond motifs is 5. The van der Waals surface area contributed by atoms with E-state index in [1.807, 2.05) is 38.4 Å². The van der Waals surface area contributed by atoms with Crippen molar-refractivity contribution in [3.8, 4) is 0 Å². The average Bonchev–Trinajstić information content (AvgIpc) is 3.57. The number of aryl methyl sites for hydroxylation is 1. The van der Waals surface area contributed by atoms with Crippen molar-refractivity contribution in [2.75, 3.05) is 40.8 Å². The van der Waals surface area contributed by atoms with Crippen molar-refractivity contribution in [1.29, 1.82) is 0 Å². The summed E-state index contributed by atoms with van der Waals surface area (Å²) >= 11 is 0. The van der Waals surface area contributed by atoms with Crippen molar-refractivity contribution in [1.82, 2.24) is 19.5 Å². The first kappa shape index (κ1) is 30.3. The molecule has 1 amide bonds. The SMILES string of the molecule is CN(C)CCCCCc1c(F)cc2c(=O)c(C(=O)NCCC3CCCN3C)cn3c4cc5c(cc4oc1c23)c(=O)c1ccccc15. The third-order valence-corrected chi connectivity index (χ3v) is 9.78. The number of rotatable bonds is 10. The third-order valence-electron chi connectivity index (χ3n) is 9.78. The second-order valence-electron chi connectivity index (χ2n) is 13.1. The minimum absolute atomic E-state index is 0.0566. The van der Waals surface area contributed by atoms with Crippen LogP contribution in [0.1, 0.15) is 54.4 Å². The molecule has 238 valence electrons. The van der Waals surface area contributed by atoms with Crippen LogP contribution in [0.5, 0.6) is 0 Å². The summed E-state index contributed by atoms with van der Waals surface area (Å²) in [6.45, 7) is 2.42. The zero-order chi connectivity index (χ0) is 32.1. The number of halogens is 1. The Bertz CT molecular complexity index is 2240. The van der Waals surface area contributed by atoms with Gasteiger partial charge in [-0.3, -0.25) is 14.4 Å². The minimum Gasteiger partial charge on any atom is -0.452 e. The van der Waals surface area contributed by atoms with Crippen molar-refractivity contribution in [2.45, 2.75) is 51.0 Å². The molecule has 4 aromatic carbocycles. The molecule has 1 atom stereocenters. The van der Waals surface area contributed by atoms with Gasteiger partial charge in [-0.2, -0.15) is 0 Å². The highest BCUT2D eigenvalue weighted by atomic mass is 19.1. The lowest BCUT2D eigenvalue weighted by molar-refractivity contribution is 0.0949. The van der Waals surface area contributed by atoms with Gasteiger partial charge in [-0.15, -0.1) is 0 Å². The minimum atomic E-state index is -0.534. The van der Waals surface area contributed by atoms with Gasteiger partial charge in [-0.05, 0) is 102 Å². The van der Waals surface area contributed by atoms with Crippen molar-refractivity contribution in [2.24, 2.45) is 0 Å². The fourth-order valence-corrected chi connectivity index (χ4v) is 7.28. The van der Waals surface area contributed by atoms with Crippen LogP contribution in [0, 0.1) is 5.82 Å². The average molecular weight is 623 g/mol. The maximum Gasteiger partial charge on any atom is 0.256 e. The number of carbonyl (C=O) groups is 1. The number of hydrogen-bond donors (Lipinski definition) is 1. The molecule has 1 fully saturated rings. The van der Waals surface area contributed by atoms with E-state index in [1.54, 1.807) is 22.7 Å². The molecule has 1 unspecified atom stereocenters. The number of aromatic nitrogens is 1. The van der Waals surface area contributed by atoms with E-state index in [9.17, 15) is 14.4 Å². The third kappa shape index (κ3) is 5.21. The van der Waals surface area contributed by atoms with Crippen molar-refractivity contribution in [3.63, 3.8) is 0 Å². The molecule has 46 heavy (non-hydrogen) atoms. The number of hydrogen-bond acceptors (Lipinski definition) is 6. The highest BCUT2D eigenvalue weighted by Gasteiger charge is 2.25. The lowest BCUT2D eigenvalue weighted by Gasteiger charge is -2.19. The predicted octanol–water partition coefficient (Wildman–Crippen LogP) is 5.93. The van der Waals surface area contributed by atoms with Gasteiger partial charge in [0.1, 0.15) is 16.9 Å². The first-order chi connectivity index (χ1) is 22.2. The van der Waals surface area contributed by atoms with Gasteiger partial charge in [0.15, 0.2) is 16.6 Å². The number of amides is 1. The summed E-state index contributed by atoms with van der Waals surface area (Å²) in [6, 6.07) is 12.7. The smallest absolute Gasteiger partial charge is 0.256 e. The van der Waals surface area contributed by atoms with Crippen LogP contribution < -0.4 is 16.2 Å². The van der Waals surface area contributed by atoms with E-state index in [4.69, 9.17) is 4.42 Å². The second kappa shape index (κ2) is 12.1. The Labute approximate surface area is 265 Å². The van der Waals surface area contributed by atoms with Gasteiger partial charge in [-0.25, -0.2) is 4.39 Å². The molecule has 0 aliphatic carbocycles. The fraction of sp³-hybridized carbons (Fsp3) is 0.378. The molecule has 0 bridgehead atoms. The number of pyridine rings is 1. The molecule has 0 spiro atoms. The van der Waals surface area contributed by atoms with Gasteiger partial charge in [0.25, 0.3) is 5.91 Å². The number of carbonyl (C=O) groups excluding carboxylic acids is 1. The maximum absolute atomic E-state index is 15.9. The van der Waals surface area contributed by atoms with E-state index >= 15 is 4.39 Å².